The molecule has 0 aromatic carbocycles. The molecule has 0 aromatic rings. The fourth-order valence-corrected chi connectivity index (χ4v) is 2.77. The van der Waals surface area contributed by atoms with Crippen molar-refractivity contribution in [2.75, 3.05) is 13.2 Å². The van der Waals surface area contributed by atoms with E-state index in [1.807, 2.05) is 0 Å². The number of alkyl halides is 1. The zero-order valence-electron chi connectivity index (χ0n) is 8.98. The van der Waals surface area contributed by atoms with Gasteiger partial charge < -0.3 is 4.74 Å². The van der Waals surface area contributed by atoms with Crippen LogP contribution in [0.1, 0.15) is 40.0 Å². The van der Waals surface area contributed by atoms with E-state index in [1.54, 1.807) is 0 Å². The number of hydrogen-bond acceptors (Lipinski definition) is 1. The summed E-state index contributed by atoms with van der Waals surface area (Å²) in [7, 11) is 0. The van der Waals surface area contributed by atoms with Crippen LogP contribution in [-0.4, -0.2) is 18.6 Å². The average molecular weight is 205 g/mol. The van der Waals surface area contributed by atoms with Gasteiger partial charge in [-0.05, 0) is 37.5 Å². The number of ether oxygens (including phenoxy) is 1. The standard InChI is InChI=1S/C11H21ClO/c1-9(12)8-11(2,3)10-4-6-13-7-5-10/h9-10H,4-8H2,1-3H3. The fourth-order valence-electron chi connectivity index (χ4n) is 2.37. The first-order chi connectivity index (χ1) is 6.02. The Hall–Kier alpha value is 0.250. The highest BCUT2D eigenvalue weighted by atomic mass is 35.5. The molecule has 1 fully saturated rings. The Morgan fingerprint density at radius 2 is 1.92 bits per heavy atom. The summed E-state index contributed by atoms with van der Waals surface area (Å²) in [5, 5.41) is 0.290. The molecule has 1 aliphatic heterocycles. The normalized spacial score (nSPS) is 23.1. The summed E-state index contributed by atoms with van der Waals surface area (Å²) in [5.41, 5.74) is 0.380. The van der Waals surface area contributed by atoms with E-state index >= 15 is 0 Å². The molecule has 1 saturated heterocycles. The SMILES string of the molecule is CC(Cl)CC(C)(C)C1CCOCC1. The Labute approximate surface area is 86.8 Å². The quantitative estimate of drug-likeness (QED) is 0.640. The Balaban J connectivity index is 2.45. The van der Waals surface area contributed by atoms with Gasteiger partial charge in [0.1, 0.15) is 0 Å². The second kappa shape index (κ2) is 4.65. The molecule has 0 aromatic heterocycles. The van der Waals surface area contributed by atoms with E-state index in [2.05, 4.69) is 20.8 Å². The minimum atomic E-state index is 0.290. The van der Waals surface area contributed by atoms with E-state index in [9.17, 15) is 0 Å². The molecule has 0 amide bonds. The molecule has 13 heavy (non-hydrogen) atoms. The van der Waals surface area contributed by atoms with Gasteiger partial charge in [0.25, 0.3) is 0 Å². The smallest absolute Gasteiger partial charge is 0.0468 e. The first kappa shape index (κ1) is 11.3. The third-order valence-electron chi connectivity index (χ3n) is 3.13. The highest BCUT2D eigenvalue weighted by Crippen LogP contribution is 2.38. The predicted molar refractivity (Wildman–Crippen MR) is 57.3 cm³/mol. The van der Waals surface area contributed by atoms with Crippen molar-refractivity contribution in [1.82, 2.24) is 0 Å². The van der Waals surface area contributed by atoms with Gasteiger partial charge in [0.05, 0.1) is 0 Å². The van der Waals surface area contributed by atoms with Crippen molar-refractivity contribution < 1.29 is 4.74 Å². The maximum absolute atomic E-state index is 6.05. The first-order valence-electron chi connectivity index (χ1n) is 5.24. The maximum Gasteiger partial charge on any atom is 0.0468 e. The molecule has 1 nitrogen and oxygen atoms in total. The van der Waals surface area contributed by atoms with Gasteiger partial charge in [-0.1, -0.05) is 13.8 Å². The van der Waals surface area contributed by atoms with Gasteiger partial charge in [0.15, 0.2) is 0 Å². The number of hydrogen-bond donors (Lipinski definition) is 0. The molecule has 0 aliphatic carbocycles. The van der Waals surface area contributed by atoms with Crippen molar-refractivity contribution in [3.8, 4) is 0 Å². The van der Waals surface area contributed by atoms with E-state index in [0.717, 1.165) is 25.6 Å². The summed E-state index contributed by atoms with van der Waals surface area (Å²) in [6, 6.07) is 0. The Kier molecular flexibility index (Phi) is 4.06. The fraction of sp³-hybridized carbons (Fsp3) is 1.00. The van der Waals surface area contributed by atoms with Gasteiger partial charge in [-0.3, -0.25) is 0 Å². The van der Waals surface area contributed by atoms with Crippen LogP contribution in [0.25, 0.3) is 0 Å². The zero-order chi connectivity index (χ0) is 9.90. The van der Waals surface area contributed by atoms with Crippen LogP contribution in [0.5, 0.6) is 0 Å². The summed E-state index contributed by atoms with van der Waals surface area (Å²) in [6.45, 7) is 8.63. The van der Waals surface area contributed by atoms with E-state index in [1.165, 1.54) is 12.8 Å². The Bertz CT molecular complexity index is 148. The monoisotopic (exact) mass is 204 g/mol. The molecule has 1 aliphatic rings. The van der Waals surface area contributed by atoms with Crippen LogP contribution in [0.3, 0.4) is 0 Å². The van der Waals surface area contributed by atoms with Crippen molar-refractivity contribution in [2.24, 2.45) is 11.3 Å². The molecule has 0 spiro atoms. The number of halogens is 1. The molecular weight excluding hydrogens is 184 g/mol. The van der Waals surface area contributed by atoms with Gasteiger partial charge in [-0.15, -0.1) is 11.6 Å². The lowest BCUT2D eigenvalue weighted by atomic mass is 9.72. The largest absolute Gasteiger partial charge is 0.381 e. The lowest BCUT2D eigenvalue weighted by molar-refractivity contribution is 0.0198. The van der Waals surface area contributed by atoms with Crippen molar-refractivity contribution in [3.63, 3.8) is 0 Å². The van der Waals surface area contributed by atoms with E-state index < -0.39 is 0 Å². The minimum absolute atomic E-state index is 0.290. The van der Waals surface area contributed by atoms with Crippen molar-refractivity contribution in [3.05, 3.63) is 0 Å². The van der Waals surface area contributed by atoms with Crippen LogP contribution in [-0.2, 0) is 4.74 Å². The van der Waals surface area contributed by atoms with Crippen molar-refractivity contribution in [1.29, 1.82) is 0 Å². The summed E-state index contributed by atoms with van der Waals surface area (Å²) in [5.74, 6) is 0.794. The molecule has 1 atom stereocenters. The second-order valence-electron chi connectivity index (χ2n) is 4.86. The molecule has 1 heterocycles. The maximum atomic E-state index is 6.05. The first-order valence-corrected chi connectivity index (χ1v) is 5.68. The molecule has 1 unspecified atom stereocenters. The molecule has 0 saturated carbocycles. The lowest BCUT2D eigenvalue weighted by Gasteiger charge is -2.37. The molecule has 2 heteroatoms. The highest BCUT2D eigenvalue weighted by molar-refractivity contribution is 6.20. The van der Waals surface area contributed by atoms with Crippen LogP contribution in [0.4, 0.5) is 0 Å². The average Bonchev–Trinajstić information content (AvgIpc) is 2.04. The van der Waals surface area contributed by atoms with Gasteiger partial charge in [0.2, 0.25) is 0 Å². The van der Waals surface area contributed by atoms with E-state index in [-0.39, 0.29) is 5.38 Å². The lowest BCUT2D eigenvalue weighted by Crippen LogP contribution is -2.31. The number of rotatable bonds is 3. The van der Waals surface area contributed by atoms with Crippen LogP contribution in [0.2, 0.25) is 0 Å². The van der Waals surface area contributed by atoms with Crippen LogP contribution < -0.4 is 0 Å². The topological polar surface area (TPSA) is 9.23 Å². The third kappa shape index (κ3) is 3.47. The summed E-state index contributed by atoms with van der Waals surface area (Å²) >= 11 is 6.05. The van der Waals surface area contributed by atoms with Gasteiger partial charge in [-0.25, -0.2) is 0 Å². The summed E-state index contributed by atoms with van der Waals surface area (Å²) in [6.07, 6.45) is 3.52. The van der Waals surface area contributed by atoms with Crippen molar-refractivity contribution in [2.45, 2.75) is 45.4 Å². The van der Waals surface area contributed by atoms with E-state index in [4.69, 9.17) is 16.3 Å². The molecule has 0 radical (unpaired) electrons. The van der Waals surface area contributed by atoms with Crippen LogP contribution >= 0.6 is 11.6 Å². The van der Waals surface area contributed by atoms with Gasteiger partial charge in [-0.2, -0.15) is 0 Å². The molecule has 1 rings (SSSR count). The minimum Gasteiger partial charge on any atom is -0.381 e. The third-order valence-corrected chi connectivity index (χ3v) is 3.29. The Morgan fingerprint density at radius 3 is 2.38 bits per heavy atom. The molecule has 0 bridgehead atoms. The Morgan fingerprint density at radius 1 is 1.38 bits per heavy atom. The molecular formula is C11H21ClO. The zero-order valence-corrected chi connectivity index (χ0v) is 9.73. The predicted octanol–water partition coefficient (Wildman–Crippen LogP) is 3.46. The molecule has 78 valence electrons. The van der Waals surface area contributed by atoms with E-state index in [0.29, 0.717) is 5.41 Å². The van der Waals surface area contributed by atoms with Crippen LogP contribution in [0.15, 0.2) is 0 Å². The van der Waals surface area contributed by atoms with Gasteiger partial charge in [0, 0.05) is 18.6 Å². The molecule has 0 N–H and O–H groups in total. The summed E-state index contributed by atoms with van der Waals surface area (Å²) in [4.78, 5) is 0. The second-order valence-corrected chi connectivity index (χ2v) is 5.61. The van der Waals surface area contributed by atoms with Crippen molar-refractivity contribution >= 4 is 11.6 Å². The highest BCUT2D eigenvalue weighted by Gasteiger charge is 2.31. The van der Waals surface area contributed by atoms with Gasteiger partial charge >= 0.3 is 0 Å². The van der Waals surface area contributed by atoms with Crippen LogP contribution in [0, 0.1) is 11.3 Å². The summed E-state index contributed by atoms with van der Waals surface area (Å²) < 4.78 is 5.37.